The monoisotopic (exact) mass is 394 g/mol. The summed E-state index contributed by atoms with van der Waals surface area (Å²) >= 11 is 0. The lowest BCUT2D eigenvalue weighted by Crippen LogP contribution is -2.47. The molecule has 1 aliphatic rings. The van der Waals surface area contributed by atoms with Gasteiger partial charge in [0.25, 0.3) is 5.91 Å². The molecule has 0 aliphatic carbocycles. The van der Waals surface area contributed by atoms with Gasteiger partial charge < -0.3 is 20.9 Å². The van der Waals surface area contributed by atoms with E-state index in [1.54, 1.807) is 36.1 Å². The molecule has 1 saturated heterocycles. The molecule has 7 nitrogen and oxygen atoms in total. The van der Waals surface area contributed by atoms with Gasteiger partial charge in [-0.2, -0.15) is 0 Å². The molecule has 1 fully saturated rings. The Balaban J connectivity index is 1.50. The molecule has 0 unspecified atom stereocenters. The molecule has 0 radical (unpaired) electrons. The average Bonchev–Trinajstić information content (AvgIpc) is 2.74. The highest BCUT2D eigenvalue weighted by Gasteiger charge is 2.24. The molecule has 3 rings (SSSR count). The first kappa shape index (κ1) is 20.4. The van der Waals surface area contributed by atoms with Crippen LogP contribution < -0.4 is 16.0 Å². The van der Waals surface area contributed by atoms with E-state index in [4.69, 9.17) is 0 Å². The molecule has 1 heterocycles. The summed E-state index contributed by atoms with van der Waals surface area (Å²) in [6.07, 6.45) is 1.77. The van der Waals surface area contributed by atoms with Crippen molar-refractivity contribution in [2.75, 3.05) is 23.7 Å². The van der Waals surface area contributed by atoms with Crippen LogP contribution in [-0.2, 0) is 4.79 Å². The van der Waals surface area contributed by atoms with Crippen molar-refractivity contribution < 1.29 is 14.4 Å². The first-order valence-electron chi connectivity index (χ1n) is 9.87. The lowest BCUT2D eigenvalue weighted by molar-refractivity contribution is -0.115. The minimum absolute atomic E-state index is 0.0259. The zero-order chi connectivity index (χ0) is 20.6. The standard InChI is InChI=1S/C22H26N4O3/c1-2-20(27)23-19-10-6-7-16(15-19)21(28)26-13-11-18(12-14-26)25-22(29)24-17-8-4-3-5-9-17/h3-10,15,18H,2,11-14H2,1H3,(H,23,27)(H2,24,25,29). The molecule has 0 spiro atoms. The van der Waals surface area contributed by atoms with E-state index in [0.717, 1.165) is 5.69 Å². The van der Waals surface area contributed by atoms with Crippen LogP contribution in [0.2, 0.25) is 0 Å². The summed E-state index contributed by atoms with van der Waals surface area (Å²) < 4.78 is 0. The lowest BCUT2D eigenvalue weighted by atomic mass is 10.0. The fourth-order valence-electron chi connectivity index (χ4n) is 3.26. The number of hydrogen-bond acceptors (Lipinski definition) is 3. The van der Waals surface area contributed by atoms with Crippen molar-refractivity contribution in [2.45, 2.75) is 32.2 Å². The van der Waals surface area contributed by atoms with Gasteiger partial charge in [-0.1, -0.05) is 31.2 Å². The largest absolute Gasteiger partial charge is 0.338 e. The Morgan fingerprint density at radius 3 is 2.31 bits per heavy atom. The molecule has 1 aliphatic heterocycles. The zero-order valence-electron chi connectivity index (χ0n) is 16.5. The summed E-state index contributed by atoms with van der Waals surface area (Å²) in [6.45, 7) is 2.92. The van der Waals surface area contributed by atoms with Crippen LogP contribution in [0, 0.1) is 0 Å². The van der Waals surface area contributed by atoms with Crippen LogP contribution in [0.25, 0.3) is 0 Å². The smallest absolute Gasteiger partial charge is 0.319 e. The van der Waals surface area contributed by atoms with E-state index in [1.165, 1.54) is 0 Å². The summed E-state index contributed by atoms with van der Waals surface area (Å²) in [5, 5.41) is 8.55. The number of rotatable bonds is 5. The van der Waals surface area contributed by atoms with Crippen molar-refractivity contribution in [3.8, 4) is 0 Å². The molecule has 3 N–H and O–H groups in total. The van der Waals surface area contributed by atoms with E-state index in [-0.39, 0.29) is 23.9 Å². The number of nitrogens with one attached hydrogen (secondary N) is 3. The van der Waals surface area contributed by atoms with Crippen LogP contribution in [0.3, 0.4) is 0 Å². The van der Waals surface area contributed by atoms with Gasteiger partial charge in [-0.15, -0.1) is 0 Å². The fraction of sp³-hybridized carbons (Fsp3) is 0.318. The Labute approximate surface area is 170 Å². The summed E-state index contributed by atoms with van der Waals surface area (Å²) in [7, 11) is 0. The summed E-state index contributed by atoms with van der Waals surface area (Å²) in [5.41, 5.74) is 1.91. The molecule has 152 valence electrons. The molecule has 2 aromatic rings. The number of urea groups is 1. The van der Waals surface area contributed by atoms with Gasteiger partial charge in [0.15, 0.2) is 0 Å². The van der Waals surface area contributed by atoms with Crippen LogP contribution >= 0.6 is 0 Å². The Kier molecular flexibility index (Phi) is 6.84. The maximum atomic E-state index is 12.8. The summed E-state index contributed by atoms with van der Waals surface area (Å²) in [6, 6.07) is 16.1. The number of para-hydroxylation sites is 1. The van der Waals surface area contributed by atoms with Crippen molar-refractivity contribution in [2.24, 2.45) is 0 Å². The minimum Gasteiger partial charge on any atom is -0.338 e. The molecule has 4 amide bonds. The second-order valence-electron chi connectivity index (χ2n) is 7.01. The number of likely N-dealkylation sites (tertiary alicyclic amines) is 1. The molecule has 0 aromatic heterocycles. The van der Waals surface area contributed by atoms with Crippen molar-refractivity contribution in [1.82, 2.24) is 10.2 Å². The number of amides is 4. The molecule has 29 heavy (non-hydrogen) atoms. The molecule has 0 bridgehead atoms. The summed E-state index contributed by atoms with van der Waals surface area (Å²) in [4.78, 5) is 38.3. The van der Waals surface area contributed by atoms with Crippen LogP contribution in [0.4, 0.5) is 16.2 Å². The van der Waals surface area contributed by atoms with Crippen LogP contribution in [0.15, 0.2) is 54.6 Å². The van der Waals surface area contributed by atoms with Gasteiger partial charge in [0.05, 0.1) is 0 Å². The van der Waals surface area contributed by atoms with Gasteiger partial charge in [-0.3, -0.25) is 9.59 Å². The quantitative estimate of drug-likeness (QED) is 0.725. The minimum atomic E-state index is -0.236. The number of carbonyl (C=O) groups is 3. The Bertz CT molecular complexity index is 861. The SMILES string of the molecule is CCC(=O)Nc1cccc(C(=O)N2CCC(NC(=O)Nc3ccccc3)CC2)c1. The predicted molar refractivity (Wildman–Crippen MR) is 113 cm³/mol. The average molecular weight is 394 g/mol. The highest BCUT2D eigenvalue weighted by atomic mass is 16.2. The first-order valence-corrected chi connectivity index (χ1v) is 9.87. The highest BCUT2D eigenvalue weighted by Crippen LogP contribution is 2.17. The normalized spacial score (nSPS) is 14.2. The molecule has 7 heteroatoms. The summed E-state index contributed by atoms with van der Waals surface area (Å²) in [5.74, 6) is -0.153. The number of nitrogens with zero attached hydrogens (tertiary/aromatic N) is 1. The van der Waals surface area contributed by atoms with E-state index in [1.807, 2.05) is 30.3 Å². The number of piperidine rings is 1. The van der Waals surface area contributed by atoms with E-state index < -0.39 is 0 Å². The molecular formula is C22H26N4O3. The molecule has 2 aromatic carbocycles. The Hall–Kier alpha value is -3.35. The fourth-order valence-corrected chi connectivity index (χ4v) is 3.26. The third-order valence-electron chi connectivity index (χ3n) is 4.86. The van der Waals surface area contributed by atoms with Crippen LogP contribution in [-0.4, -0.2) is 41.9 Å². The van der Waals surface area contributed by atoms with Gasteiger partial charge >= 0.3 is 6.03 Å². The van der Waals surface area contributed by atoms with Gasteiger partial charge in [-0.25, -0.2) is 4.79 Å². The van der Waals surface area contributed by atoms with Crippen LogP contribution in [0.5, 0.6) is 0 Å². The van der Waals surface area contributed by atoms with E-state index in [9.17, 15) is 14.4 Å². The zero-order valence-corrected chi connectivity index (χ0v) is 16.5. The van der Waals surface area contributed by atoms with E-state index in [2.05, 4.69) is 16.0 Å². The number of benzene rings is 2. The molecular weight excluding hydrogens is 368 g/mol. The second-order valence-corrected chi connectivity index (χ2v) is 7.01. The molecule has 0 atom stereocenters. The second kappa shape index (κ2) is 9.73. The van der Waals surface area contributed by atoms with Crippen molar-refractivity contribution >= 4 is 29.2 Å². The number of hydrogen-bond donors (Lipinski definition) is 3. The van der Waals surface area contributed by atoms with Gasteiger partial charge in [0, 0.05) is 42.5 Å². The maximum Gasteiger partial charge on any atom is 0.319 e. The van der Waals surface area contributed by atoms with Gasteiger partial charge in [-0.05, 0) is 43.2 Å². The third-order valence-corrected chi connectivity index (χ3v) is 4.86. The van der Waals surface area contributed by atoms with E-state index in [0.29, 0.717) is 43.6 Å². The lowest BCUT2D eigenvalue weighted by Gasteiger charge is -2.32. The Morgan fingerprint density at radius 2 is 1.62 bits per heavy atom. The number of carbonyl (C=O) groups excluding carboxylic acids is 3. The number of anilines is 2. The van der Waals surface area contributed by atoms with E-state index >= 15 is 0 Å². The predicted octanol–water partition coefficient (Wildman–Crippen LogP) is 3.46. The maximum absolute atomic E-state index is 12.8. The van der Waals surface area contributed by atoms with Gasteiger partial charge in [0.1, 0.15) is 0 Å². The van der Waals surface area contributed by atoms with Crippen molar-refractivity contribution in [1.29, 1.82) is 0 Å². The van der Waals surface area contributed by atoms with Crippen LogP contribution in [0.1, 0.15) is 36.5 Å². The van der Waals surface area contributed by atoms with Crippen molar-refractivity contribution in [3.05, 3.63) is 60.2 Å². The molecule has 0 saturated carbocycles. The Morgan fingerprint density at radius 1 is 0.931 bits per heavy atom. The highest BCUT2D eigenvalue weighted by molar-refractivity contribution is 5.97. The topological polar surface area (TPSA) is 90.5 Å². The third kappa shape index (κ3) is 5.81. The van der Waals surface area contributed by atoms with Crippen molar-refractivity contribution in [3.63, 3.8) is 0 Å². The first-order chi connectivity index (χ1) is 14.0. The van der Waals surface area contributed by atoms with Gasteiger partial charge in [0.2, 0.25) is 5.91 Å².